The van der Waals surface area contributed by atoms with Crippen LogP contribution in [0.5, 0.6) is 0 Å². The van der Waals surface area contributed by atoms with Crippen LogP contribution in [0.3, 0.4) is 0 Å². The van der Waals surface area contributed by atoms with Gasteiger partial charge in [-0.3, -0.25) is 0 Å². The Morgan fingerprint density at radius 3 is 2.20 bits per heavy atom. The fourth-order valence-corrected chi connectivity index (χ4v) is 2.61. The number of aldehydes is 1. The zero-order chi connectivity index (χ0) is 11.3. The number of carbonyl (C=O) groups is 1. The fraction of sp³-hybridized carbons (Fsp3) is 0.462. The molecule has 0 heterocycles. The first kappa shape index (κ1) is 12.3. The Morgan fingerprint density at radius 1 is 1.13 bits per heavy atom. The monoisotopic (exact) mass is 222 g/mol. The van der Waals surface area contributed by atoms with E-state index in [1.165, 1.54) is 5.56 Å². The Balaban J connectivity index is 2.73. The molecule has 0 aliphatic rings. The summed E-state index contributed by atoms with van der Waals surface area (Å²) in [5.41, 5.74) is 1.24. The van der Waals surface area contributed by atoms with Gasteiger partial charge in [-0.2, -0.15) is 0 Å². The second kappa shape index (κ2) is 5.96. The molecular weight excluding hydrogens is 204 g/mol. The van der Waals surface area contributed by atoms with Gasteiger partial charge in [0.05, 0.1) is 5.25 Å². The lowest BCUT2D eigenvalue weighted by Gasteiger charge is -2.20. The van der Waals surface area contributed by atoms with Crippen molar-refractivity contribution in [3.05, 3.63) is 35.9 Å². The highest BCUT2D eigenvalue weighted by atomic mass is 32.2. The zero-order valence-electron chi connectivity index (χ0n) is 9.51. The van der Waals surface area contributed by atoms with Gasteiger partial charge in [-0.15, -0.1) is 11.8 Å². The highest BCUT2D eigenvalue weighted by Crippen LogP contribution is 2.29. The van der Waals surface area contributed by atoms with Gasteiger partial charge in [0, 0.05) is 0 Å². The molecule has 0 aliphatic carbocycles. The predicted octanol–water partition coefficient (Wildman–Crippen LogP) is 3.50. The molecule has 0 spiro atoms. The van der Waals surface area contributed by atoms with Gasteiger partial charge in [-0.05, 0) is 16.7 Å². The summed E-state index contributed by atoms with van der Waals surface area (Å²) in [5, 5.41) is 0.554. The van der Waals surface area contributed by atoms with Crippen molar-refractivity contribution in [3.63, 3.8) is 0 Å². The van der Waals surface area contributed by atoms with Crippen molar-refractivity contribution in [1.29, 1.82) is 0 Å². The van der Waals surface area contributed by atoms with Crippen LogP contribution < -0.4 is 0 Å². The maximum absolute atomic E-state index is 11.0. The molecule has 0 aromatic heterocycles. The molecule has 2 unspecified atom stereocenters. The van der Waals surface area contributed by atoms with Crippen molar-refractivity contribution in [2.45, 2.75) is 37.2 Å². The second-order valence-corrected chi connectivity index (χ2v) is 5.74. The van der Waals surface area contributed by atoms with E-state index in [0.29, 0.717) is 5.25 Å². The molecule has 15 heavy (non-hydrogen) atoms. The average molecular weight is 222 g/mol. The fourth-order valence-electron chi connectivity index (χ4n) is 1.53. The molecule has 0 saturated heterocycles. The van der Waals surface area contributed by atoms with E-state index in [-0.39, 0.29) is 11.2 Å². The van der Waals surface area contributed by atoms with E-state index in [1.54, 1.807) is 11.8 Å². The number of hydrogen-bond donors (Lipinski definition) is 0. The van der Waals surface area contributed by atoms with E-state index >= 15 is 0 Å². The third-order valence-corrected chi connectivity index (χ3v) is 3.76. The topological polar surface area (TPSA) is 17.1 Å². The Hall–Kier alpha value is -0.760. The van der Waals surface area contributed by atoms with Crippen molar-refractivity contribution >= 4 is 18.0 Å². The lowest BCUT2D eigenvalue weighted by atomic mass is 9.98. The van der Waals surface area contributed by atoms with Gasteiger partial charge in [-0.1, -0.05) is 51.1 Å². The van der Waals surface area contributed by atoms with Gasteiger partial charge >= 0.3 is 0 Å². The zero-order valence-corrected chi connectivity index (χ0v) is 10.3. The molecule has 0 amide bonds. The maximum Gasteiger partial charge on any atom is 0.133 e. The number of carbonyl (C=O) groups excluding carboxylic acids is 1. The molecule has 2 atom stereocenters. The van der Waals surface area contributed by atoms with E-state index in [2.05, 4.69) is 32.9 Å². The summed E-state index contributed by atoms with van der Waals surface area (Å²) in [6.45, 7) is 6.36. The second-order valence-electron chi connectivity index (χ2n) is 3.98. The molecule has 1 rings (SSSR count). The Kier molecular flexibility index (Phi) is 4.89. The molecule has 0 aliphatic heterocycles. The third kappa shape index (κ3) is 3.71. The van der Waals surface area contributed by atoms with Crippen LogP contribution in [0, 0.1) is 0 Å². The first-order chi connectivity index (χ1) is 7.15. The van der Waals surface area contributed by atoms with Crippen molar-refractivity contribution in [2.24, 2.45) is 0 Å². The molecule has 82 valence electrons. The molecule has 0 N–H and O–H groups in total. The summed E-state index contributed by atoms with van der Waals surface area (Å²) in [6.07, 6.45) is 1.07. The summed E-state index contributed by atoms with van der Waals surface area (Å²) in [5.74, 6) is 0.288. The van der Waals surface area contributed by atoms with E-state index in [1.807, 2.05) is 18.2 Å². The predicted molar refractivity (Wildman–Crippen MR) is 67.4 cm³/mol. The molecule has 1 aromatic rings. The van der Waals surface area contributed by atoms with Gasteiger partial charge in [-0.25, -0.2) is 0 Å². The van der Waals surface area contributed by atoms with Crippen LogP contribution in [0.4, 0.5) is 0 Å². The van der Waals surface area contributed by atoms with Gasteiger partial charge in [0.15, 0.2) is 0 Å². The number of benzene rings is 1. The maximum atomic E-state index is 11.0. The van der Waals surface area contributed by atoms with Crippen molar-refractivity contribution < 1.29 is 4.79 Å². The van der Waals surface area contributed by atoms with Crippen LogP contribution in [0.1, 0.15) is 32.3 Å². The summed E-state index contributed by atoms with van der Waals surface area (Å²) < 4.78 is 0. The van der Waals surface area contributed by atoms with Crippen molar-refractivity contribution in [1.82, 2.24) is 0 Å². The summed E-state index contributed by atoms with van der Waals surface area (Å²) >= 11 is 1.73. The smallest absolute Gasteiger partial charge is 0.133 e. The molecule has 0 radical (unpaired) electrons. The summed E-state index contributed by atoms with van der Waals surface area (Å²) in [7, 11) is 0. The van der Waals surface area contributed by atoms with Crippen molar-refractivity contribution in [2.75, 3.05) is 0 Å². The van der Waals surface area contributed by atoms with Gasteiger partial charge in [0.25, 0.3) is 0 Å². The molecule has 2 heteroatoms. The number of rotatable bonds is 5. The van der Waals surface area contributed by atoms with Crippen LogP contribution in [-0.2, 0) is 4.79 Å². The highest BCUT2D eigenvalue weighted by molar-refractivity contribution is 8.01. The Morgan fingerprint density at radius 2 is 1.73 bits per heavy atom. The molecule has 1 aromatic carbocycles. The average Bonchev–Trinajstić information content (AvgIpc) is 2.26. The van der Waals surface area contributed by atoms with Crippen LogP contribution in [0.15, 0.2) is 30.3 Å². The largest absolute Gasteiger partial charge is 0.302 e. The van der Waals surface area contributed by atoms with Gasteiger partial charge < -0.3 is 4.79 Å². The minimum Gasteiger partial charge on any atom is -0.302 e. The van der Waals surface area contributed by atoms with E-state index in [4.69, 9.17) is 0 Å². The highest BCUT2D eigenvalue weighted by Gasteiger charge is 2.19. The van der Waals surface area contributed by atoms with E-state index in [0.717, 1.165) is 6.29 Å². The Labute approximate surface area is 96.3 Å². The minimum absolute atomic E-state index is 0.0624. The van der Waals surface area contributed by atoms with E-state index < -0.39 is 0 Å². The van der Waals surface area contributed by atoms with Crippen LogP contribution in [0.25, 0.3) is 0 Å². The molecule has 0 bridgehead atoms. The van der Waals surface area contributed by atoms with Gasteiger partial charge in [0.1, 0.15) is 6.29 Å². The SMILES string of the molecule is CC(C)SC(C=O)C(C)c1ccccc1. The lowest BCUT2D eigenvalue weighted by molar-refractivity contribution is -0.107. The number of thioether (sulfide) groups is 1. The molecular formula is C13H18OS. The molecule has 0 fully saturated rings. The number of hydrogen-bond acceptors (Lipinski definition) is 2. The van der Waals surface area contributed by atoms with Crippen molar-refractivity contribution in [3.8, 4) is 0 Å². The molecule has 1 nitrogen and oxygen atoms in total. The van der Waals surface area contributed by atoms with Crippen LogP contribution in [-0.4, -0.2) is 16.8 Å². The minimum atomic E-state index is 0.0624. The van der Waals surface area contributed by atoms with E-state index in [9.17, 15) is 4.79 Å². The standard InChI is InChI=1S/C13H18OS/c1-10(2)15-13(9-14)11(3)12-7-5-4-6-8-12/h4-11,13H,1-3H3. The summed E-state index contributed by atoms with van der Waals surface area (Å²) in [4.78, 5) is 11.0. The normalized spacial score (nSPS) is 14.9. The summed E-state index contributed by atoms with van der Waals surface area (Å²) in [6, 6.07) is 10.2. The first-order valence-electron chi connectivity index (χ1n) is 5.31. The Bertz CT molecular complexity index is 295. The first-order valence-corrected chi connectivity index (χ1v) is 6.25. The van der Waals surface area contributed by atoms with Gasteiger partial charge in [0.2, 0.25) is 0 Å². The molecule has 0 saturated carbocycles. The quantitative estimate of drug-likeness (QED) is 0.709. The van der Waals surface area contributed by atoms with Crippen LogP contribution >= 0.6 is 11.8 Å². The van der Waals surface area contributed by atoms with Crippen LogP contribution in [0.2, 0.25) is 0 Å². The third-order valence-electron chi connectivity index (χ3n) is 2.38. The lowest BCUT2D eigenvalue weighted by Crippen LogP contribution is -2.16.